The van der Waals surface area contributed by atoms with Crippen LogP contribution in [0.4, 0.5) is 5.13 Å². The van der Waals surface area contributed by atoms with Gasteiger partial charge in [-0.05, 0) is 25.5 Å². The molecule has 1 fully saturated rings. The van der Waals surface area contributed by atoms with Gasteiger partial charge in [0.05, 0.1) is 27.3 Å². The van der Waals surface area contributed by atoms with Crippen molar-refractivity contribution in [2.24, 2.45) is 0 Å². The van der Waals surface area contributed by atoms with Crippen molar-refractivity contribution < 1.29 is 4.79 Å². The number of aromatic nitrogens is 2. The van der Waals surface area contributed by atoms with Crippen LogP contribution in [0.15, 0.2) is 29.6 Å². The third-order valence-corrected chi connectivity index (χ3v) is 6.32. The number of rotatable bonds is 3. The van der Waals surface area contributed by atoms with E-state index in [1.165, 1.54) is 4.70 Å². The number of aryl methyl sites for hydroxylation is 1. The zero-order chi connectivity index (χ0) is 17.2. The second-order valence-corrected chi connectivity index (χ2v) is 8.29. The lowest BCUT2D eigenvalue weighted by Crippen LogP contribution is -2.36. The minimum atomic E-state index is 0.177. The maximum atomic E-state index is 12.6. The van der Waals surface area contributed by atoms with Crippen molar-refractivity contribution >= 4 is 43.9 Å². The van der Waals surface area contributed by atoms with E-state index in [4.69, 9.17) is 4.98 Å². The highest BCUT2D eigenvalue weighted by Gasteiger charge is 2.21. The second kappa shape index (κ2) is 7.09. The average molecular weight is 373 g/mol. The smallest absolute Gasteiger partial charge is 0.228 e. The fraction of sp³-hybridized carbons (Fsp3) is 0.389. The zero-order valence-electron chi connectivity index (χ0n) is 14.1. The first-order valence-corrected chi connectivity index (χ1v) is 10.2. The molecule has 1 aliphatic heterocycles. The quantitative estimate of drug-likeness (QED) is 0.707. The summed E-state index contributed by atoms with van der Waals surface area (Å²) in [7, 11) is 0. The number of fused-ring (bicyclic) bond motifs is 1. The van der Waals surface area contributed by atoms with Gasteiger partial charge in [0.1, 0.15) is 0 Å². The minimum absolute atomic E-state index is 0.177. The Morgan fingerprint density at radius 2 is 2.04 bits per heavy atom. The number of nitrogens with zero attached hydrogens (tertiary/aromatic N) is 4. The summed E-state index contributed by atoms with van der Waals surface area (Å²) in [6, 6.07) is 8.24. The number of carbonyl (C=O) groups is 1. The fourth-order valence-electron chi connectivity index (χ4n) is 3.11. The first-order valence-electron chi connectivity index (χ1n) is 8.48. The summed E-state index contributed by atoms with van der Waals surface area (Å²) in [5.74, 6) is 0.177. The molecule has 1 amide bonds. The van der Waals surface area contributed by atoms with Crippen LogP contribution in [-0.2, 0) is 11.2 Å². The fourth-order valence-corrected chi connectivity index (χ4v) is 4.74. The van der Waals surface area contributed by atoms with Gasteiger partial charge in [-0.2, -0.15) is 0 Å². The van der Waals surface area contributed by atoms with Crippen LogP contribution in [-0.4, -0.2) is 47.0 Å². The molecule has 0 atom stereocenters. The molecule has 25 heavy (non-hydrogen) atoms. The number of thiazole rings is 2. The van der Waals surface area contributed by atoms with Crippen molar-refractivity contribution in [3.05, 3.63) is 40.3 Å². The first-order chi connectivity index (χ1) is 12.2. The van der Waals surface area contributed by atoms with Crippen LogP contribution in [0.3, 0.4) is 0 Å². The summed E-state index contributed by atoms with van der Waals surface area (Å²) in [4.78, 5) is 26.0. The van der Waals surface area contributed by atoms with Gasteiger partial charge in [0, 0.05) is 31.6 Å². The number of para-hydroxylation sites is 1. The molecular weight excluding hydrogens is 352 g/mol. The Balaban J connectivity index is 1.42. The van der Waals surface area contributed by atoms with Crippen LogP contribution in [0.5, 0.6) is 0 Å². The summed E-state index contributed by atoms with van der Waals surface area (Å²) in [6.45, 7) is 5.31. The van der Waals surface area contributed by atoms with Gasteiger partial charge < -0.3 is 9.80 Å². The number of anilines is 1. The van der Waals surface area contributed by atoms with E-state index in [9.17, 15) is 4.79 Å². The summed E-state index contributed by atoms with van der Waals surface area (Å²) >= 11 is 3.33. The predicted octanol–water partition coefficient (Wildman–Crippen LogP) is 3.34. The lowest BCUT2D eigenvalue weighted by atomic mass is 10.3. The predicted molar refractivity (Wildman–Crippen MR) is 104 cm³/mol. The average Bonchev–Trinajstić information content (AvgIpc) is 3.13. The van der Waals surface area contributed by atoms with Gasteiger partial charge in [-0.1, -0.05) is 23.5 Å². The third kappa shape index (κ3) is 3.67. The van der Waals surface area contributed by atoms with Crippen LogP contribution >= 0.6 is 22.7 Å². The van der Waals surface area contributed by atoms with Gasteiger partial charge in [0.25, 0.3) is 0 Å². The van der Waals surface area contributed by atoms with Crippen LogP contribution in [0.1, 0.15) is 17.1 Å². The first kappa shape index (κ1) is 16.5. The van der Waals surface area contributed by atoms with E-state index in [1.54, 1.807) is 22.7 Å². The van der Waals surface area contributed by atoms with E-state index in [0.29, 0.717) is 6.42 Å². The van der Waals surface area contributed by atoms with Crippen molar-refractivity contribution in [1.29, 1.82) is 0 Å². The molecule has 0 unspecified atom stereocenters. The van der Waals surface area contributed by atoms with Crippen LogP contribution in [0, 0.1) is 6.92 Å². The van der Waals surface area contributed by atoms with Gasteiger partial charge in [-0.3, -0.25) is 4.79 Å². The van der Waals surface area contributed by atoms with Crippen molar-refractivity contribution in [1.82, 2.24) is 14.9 Å². The van der Waals surface area contributed by atoms with Crippen LogP contribution < -0.4 is 4.90 Å². The van der Waals surface area contributed by atoms with Gasteiger partial charge >= 0.3 is 0 Å². The molecule has 1 aromatic carbocycles. The topological polar surface area (TPSA) is 49.3 Å². The molecule has 5 nitrogen and oxygen atoms in total. The van der Waals surface area contributed by atoms with Crippen molar-refractivity contribution in [2.75, 3.05) is 31.1 Å². The lowest BCUT2D eigenvalue weighted by Gasteiger charge is -2.21. The summed E-state index contributed by atoms with van der Waals surface area (Å²) < 4.78 is 1.22. The molecule has 1 aliphatic rings. The largest absolute Gasteiger partial charge is 0.346 e. The van der Waals surface area contributed by atoms with Crippen molar-refractivity contribution in [2.45, 2.75) is 19.8 Å². The van der Waals surface area contributed by atoms with Gasteiger partial charge in [-0.15, -0.1) is 11.3 Å². The highest BCUT2D eigenvalue weighted by atomic mass is 32.1. The summed E-state index contributed by atoms with van der Waals surface area (Å²) in [5.41, 5.74) is 1.94. The lowest BCUT2D eigenvalue weighted by molar-refractivity contribution is -0.130. The van der Waals surface area contributed by atoms with E-state index in [1.807, 2.05) is 29.3 Å². The highest BCUT2D eigenvalue weighted by molar-refractivity contribution is 7.22. The number of amides is 1. The highest BCUT2D eigenvalue weighted by Crippen LogP contribution is 2.29. The molecule has 130 valence electrons. The normalized spacial score (nSPS) is 15.6. The molecule has 7 heteroatoms. The maximum absolute atomic E-state index is 12.6. The van der Waals surface area contributed by atoms with Crippen LogP contribution in [0.25, 0.3) is 10.2 Å². The molecule has 0 bridgehead atoms. The second-order valence-electron chi connectivity index (χ2n) is 6.22. The summed E-state index contributed by atoms with van der Waals surface area (Å²) in [6.07, 6.45) is 1.38. The van der Waals surface area contributed by atoms with E-state index < -0.39 is 0 Å². The van der Waals surface area contributed by atoms with Crippen molar-refractivity contribution in [3.63, 3.8) is 0 Å². The minimum Gasteiger partial charge on any atom is -0.346 e. The zero-order valence-corrected chi connectivity index (χ0v) is 15.8. The Kier molecular flexibility index (Phi) is 4.67. The molecule has 0 saturated carbocycles. The molecule has 1 saturated heterocycles. The maximum Gasteiger partial charge on any atom is 0.228 e. The molecule has 0 spiro atoms. The summed E-state index contributed by atoms with van der Waals surface area (Å²) in [5, 5.41) is 4.06. The Bertz CT molecular complexity index is 855. The van der Waals surface area contributed by atoms with Gasteiger partial charge in [0.2, 0.25) is 5.91 Å². The molecule has 3 heterocycles. The monoisotopic (exact) mass is 372 g/mol. The molecule has 0 N–H and O–H groups in total. The van der Waals surface area contributed by atoms with E-state index >= 15 is 0 Å². The van der Waals surface area contributed by atoms with Crippen LogP contribution in [0.2, 0.25) is 0 Å². The number of carbonyl (C=O) groups excluding carboxylic acids is 1. The standard InChI is InChI=1S/C18H20N4OS2/c1-13-19-14(12-24-13)11-17(23)21-7-4-8-22(10-9-21)18-20-15-5-2-3-6-16(15)25-18/h2-3,5-6,12H,4,7-11H2,1H3. The Morgan fingerprint density at radius 3 is 2.84 bits per heavy atom. The molecule has 2 aromatic heterocycles. The Hall–Kier alpha value is -1.99. The number of benzene rings is 1. The van der Waals surface area contributed by atoms with Gasteiger partial charge in [0.15, 0.2) is 5.13 Å². The number of hydrogen-bond acceptors (Lipinski definition) is 6. The SMILES string of the molecule is Cc1nc(CC(=O)N2CCCN(c3nc4ccccc4s3)CC2)cs1. The van der Waals surface area contributed by atoms with Gasteiger partial charge in [-0.25, -0.2) is 9.97 Å². The Morgan fingerprint density at radius 1 is 1.16 bits per heavy atom. The molecule has 4 rings (SSSR count). The molecule has 3 aromatic rings. The molecule has 0 aliphatic carbocycles. The number of hydrogen-bond donors (Lipinski definition) is 0. The van der Waals surface area contributed by atoms with E-state index in [0.717, 1.165) is 53.9 Å². The Labute approximate surface area is 154 Å². The molecule has 0 radical (unpaired) electrons. The van der Waals surface area contributed by atoms with E-state index in [-0.39, 0.29) is 5.91 Å². The molecular formula is C18H20N4OS2. The van der Waals surface area contributed by atoms with Crippen molar-refractivity contribution in [3.8, 4) is 0 Å². The third-order valence-electron chi connectivity index (χ3n) is 4.40. The van der Waals surface area contributed by atoms with E-state index in [2.05, 4.69) is 22.0 Å².